The molecule has 1 aliphatic rings. The highest BCUT2D eigenvalue weighted by atomic mass is 16.3. The van der Waals surface area contributed by atoms with E-state index in [0.29, 0.717) is 12.5 Å². The molecule has 1 aliphatic carbocycles. The molecule has 20 heavy (non-hydrogen) atoms. The molecule has 3 aromatic rings. The maximum atomic E-state index is 5.91. The van der Waals surface area contributed by atoms with E-state index in [-0.39, 0.29) is 0 Å². The average molecular weight is 267 g/mol. The van der Waals surface area contributed by atoms with Crippen molar-refractivity contribution < 1.29 is 4.42 Å². The Morgan fingerprint density at radius 1 is 1.35 bits per heavy atom. The van der Waals surface area contributed by atoms with E-state index in [1.807, 2.05) is 18.3 Å². The van der Waals surface area contributed by atoms with E-state index in [4.69, 9.17) is 4.42 Å². The summed E-state index contributed by atoms with van der Waals surface area (Å²) in [7, 11) is 0. The van der Waals surface area contributed by atoms with E-state index in [2.05, 4.69) is 40.6 Å². The number of fused-ring (bicyclic) bond motifs is 1. The lowest BCUT2D eigenvalue weighted by molar-refractivity contribution is 0.468. The third-order valence-electron chi connectivity index (χ3n) is 4.10. The predicted molar refractivity (Wildman–Crippen MR) is 78.7 cm³/mol. The van der Waals surface area contributed by atoms with Crippen molar-refractivity contribution in [3.63, 3.8) is 0 Å². The Hall–Kier alpha value is -2.23. The maximum Gasteiger partial charge on any atom is 0.123 e. The van der Waals surface area contributed by atoms with Gasteiger partial charge in [-0.3, -0.25) is 5.10 Å². The first kappa shape index (κ1) is 11.6. The van der Waals surface area contributed by atoms with Crippen LogP contribution < -0.4 is 5.32 Å². The second-order valence-electron chi connectivity index (χ2n) is 5.61. The van der Waals surface area contributed by atoms with Gasteiger partial charge in [0.2, 0.25) is 0 Å². The van der Waals surface area contributed by atoms with Gasteiger partial charge >= 0.3 is 0 Å². The second kappa shape index (κ2) is 4.40. The van der Waals surface area contributed by atoms with Crippen molar-refractivity contribution >= 4 is 16.6 Å². The van der Waals surface area contributed by atoms with Crippen LogP contribution in [0.15, 0.2) is 40.9 Å². The van der Waals surface area contributed by atoms with Crippen molar-refractivity contribution in [2.75, 3.05) is 5.32 Å². The van der Waals surface area contributed by atoms with Gasteiger partial charge in [-0.1, -0.05) is 13.0 Å². The van der Waals surface area contributed by atoms with Gasteiger partial charge in [-0.15, -0.1) is 0 Å². The molecular weight excluding hydrogens is 250 g/mol. The summed E-state index contributed by atoms with van der Waals surface area (Å²) in [6, 6.07) is 10.3. The molecule has 4 rings (SSSR count). The zero-order chi connectivity index (χ0) is 13.5. The SMILES string of the molecule is CC1CC1c1ccc(CNc2cccc3[nH]ncc23)o1. The van der Waals surface area contributed by atoms with Crippen LogP contribution >= 0.6 is 0 Å². The average Bonchev–Trinajstić information content (AvgIpc) is 2.91. The quantitative estimate of drug-likeness (QED) is 0.754. The van der Waals surface area contributed by atoms with Gasteiger partial charge in [0.25, 0.3) is 0 Å². The van der Waals surface area contributed by atoms with Crippen molar-refractivity contribution in [2.24, 2.45) is 5.92 Å². The van der Waals surface area contributed by atoms with Crippen molar-refractivity contribution in [3.05, 3.63) is 48.0 Å². The van der Waals surface area contributed by atoms with E-state index in [1.54, 1.807) is 0 Å². The summed E-state index contributed by atoms with van der Waals surface area (Å²) >= 11 is 0. The molecular formula is C16H17N3O. The van der Waals surface area contributed by atoms with Gasteiger partial charge in [0, 0.05) is 17.0 Å². The zero-order valence-electron chi connectivity index (χ0n) is 11.4. The summed E-state index contributed by atoms with van der Waals surface area (Å²) in [4.78, 5) is 0. The molecule has 2 heterocycles. The molecule has 0 aliphatic heterocycles. The molecule has 1 aromatic carbocycles. The Kier molecular flexibility index (Phi) is 2.55. The summed E-state index contributed by atoms with van der Waals surface area (Å²) in [5, 5.41) is 11.6. The number of benzene rings is 1. The highest BCUT2D eigenvalue weighted by molar-refractivity contribution is 5.90. The number of rotatable bonds is 4. The highest BCUT2D eigenvalue weighted by Gasteiger charge is 2.36. The Balaban J connectivity index is 1.50. The van der Waals surface area contributed by atoms with Gasteiger partial charge in [-0.05, 0) is 36.6 Å². The fourth-order valence-electron chi connectivity index (χ4n) is 2.71. The van der Waals surface area contributed by atoms with Crippen LogP contribution in [0.25, 0.3) is 10.9 Å². The van der Waals surface area contributed by atoms with Crippen LogP contribution in [0.2, 0.25) is 0 Å². The molecule has 2 N–H and O–H groups in total. The van der Waals surface area contributed by atoms with Crippen molar-refractivity contribution in [2.45, 2.75) is 25.8 Å². The van der Waals surface area contributed by atoms with Gasteiger partial charge < -0.3 is 9.73 Å². The number of furan rings is 1. The normalized spacial score (nSPS) is 21.2. The summed E-state index contributed by atoms with van der Waals surface area (Å²) in [6.45, 7) is 2.97. The fourth-order valence-corrected chi connectivity index (χ4v) is 2.71. The topological polar surface area (TPSA) is 53.9 Å². The number of aromatic amines is 1. The first-order chi connectivity index (χ1) is 9.81. The molecule has 1 saturated carbocycles. The predicted octanol–water partition coefficient (Wildman–Crippen LogP) is 3.89. The summed E-state index contributed by atoms with van der Waals surface area (Å²) in [6.07, 6.45) is 3.10. The minimum Gasteiger partial charge on any atom is -0.464 e. The Morgan fingerprint density at radius 3 is 3.10 bits per heavy atom. The number of nitrogens with zero attached hydrogens (tertiary/aromatic N) is 1. The van der Waals surface area contributed by atoms with Crippen LogP contribution in [-0.2, 0) is 6.54 Å². The van der Waals surface area contributed by atoms with Crippen LogP contribution in [0, 0.1) is 5.92 Å². The summed E-state index contributed by atoms with van der Waals surface area (Å²) < 4.78 is 5.91. The highest BCUT2D eigenvalue weighted by Crippen LogP contribution is 2.47. The Labute approximate surface area is 117 Å². The molecule has 2 aromatic heterocycles. The Bertz CT molecular complexity index is 743. The molecule has 4 nitrogen and oxygen atoms in total. The largest absolute Gasteiger partial charge is 0.464 e. The van der Waals surface area contributed by atoms with Gasteiger partial charge in [-0.25, -0.2) is 0 Å². The Morgan fingerprint density at radius 2 is 2.25 bits per heavy atom. The lowest BCUT2D eigenvalue weighted by Gasteiger charge is -2.05. The molecule has 1 fully saturated rings. The molecule has 0 amide bonds. The fraction of sp³-hybridized carbons (Fsp3) is 0.312. The second-order valence-corrected chi connectivity index (χ2v) is 5.61. The molecule has 4 heteroatoms. The van der Waals surface area contributed by atoms with E-state index >= 15 is 0 Å². The van der Waals surface area contributed by atoms with Crippen molar-refractivity contribution in [1.82, 2.24) is 10.2 Å². The first-order valence-electron chi connectivity index (χ1n) is 7.06. The van der Waals surface area contributed by atoms with Crippen LogP contribution in [0.5, 0.6) is 0 Å². The minimum atomic E-state index is 0.640. The van der Waals surface area contributed by atoms with Crippen LogP contribution in [0.3, 0.4) is 0 Å². The van der Waals surface area contributed by atoms with Crippen molar-refractivity contribution in [1.29, 1.82) is 0 Å². The van der Waals surface area contributed by atoms with Gasteiger partial charge in [0.1, 0.15) is 11.5 Å². The van der Waals surface area contributed by atoms with E-state index in [1.165, 1.54) is 6.42 Å². The number of hydrogen-bond donors (Lipinski definition) is 2. The number of nitrogens with one attached hydrogen (secondary N) is 2. The van der Waals surface area contributed by atoms with E-state index in [0.717, 1.165) is 34.0 Å². The minimum absolute atomic E-state index is 0.640. The lowest BCUT2D eigenvalue weighted by Crippen LogP contribution is -1.98. The maximum absolute atomic E-state index is 5.91. The van der Waals surface area contributed by atoms with Crippen LogP contribution in [0.4, 0.5) is 5.69 Å². The zero-order valence-corrected chi connectivity index (χ0v) is 11.4. The van der Waals surface area contributed by atoms with Gasteiger partial charge in [0.05, 0.1) is 18.3 Å². The lowest BCUT2D eigenvalue weighted by atomic mass is 10.2. The van der Waals surface area contributed by atoms with Crippen molar-refractivity contribution in [3.8, 4) is 0 Å². The third kappa shape index (κ3) is 1.97. The van der Waals surface area contributed by atoms with E-state index in [9.17, 15) is 0 Å². The molecule has 2 unspecified atom stereocenters. The number of aromatic nitrogens is 2. The number of anilines is 1. The summed E-state index contributed by atoms with van der Waals surface area (Å²) in [5.41, 5.74) is 2.12. The molecule has 0 radical (unpaired) electrons. The summed E-state index contributed by atoms with van der Waals surface area (Å²) in [5.74, 6) is 3.54. The third-order valence-corrected chi connectivity index (χ3v) is 4.10. The number of H-pyrrole nitrogens is 1. The standard InChI is InChI=1S/C16H17N3O/c1-10-7-12(10)16-6-5-11(20-16)8-17-14-3-2-4-15-13(14)9-18-19-15/h2-6,9-10,12,17H,7-8H2,1H3,(H,18,19). The molecule has 102 valence electrons. The number of hydrogen-bond acceptors (Lipinski definition) is 3. The first-order valence-corrected chi connectivity index (χ1v) is 7.06. The monoisotopic (exact) mass is 267 g/mol. The van der Waals surface area contributed by atoms with Gasteiger partial charge in [-0.2, -0.15) is 5.10 Å². The molecule has 0 saturated heterocycles. The van der Waals surface area contributed by atoms with Crippen LogP contribution in [0.1, 0.15) is 30.8 Å². The molecule has 0 spiro atoms. The van der Waals surface area contributed by atoms with Gasteiger partial charge in [0.15, 0.2) is 0 Å². The smallest absolute Gasteiger partial charge is 0.123 e. The molecule has 0 bridgehead atoms. The molecule has 2 atom stereocenters. The van der Waals surface area contributed by atoms with E-state index < -0.39 is 0 Å². The van der Waals surface area contributed by atoms with Crippen LogP contribution in [-0.4, -0.2) is 10.2 Å².